The van der Waals surface area contributed by atoms with Crippen molar-refractivity contribution in [1.29, 1.82) is 0 Å². The second-order valence-corrected chi connectivity index (χ2v) is 9.42. The van der Waals surface area contributed by atoms with Crippen molar-refractivity contribution in [2.75, 3.05) is 19.8 Å². The first-order chi connectivity index (χ1) is 18.2. The van der Waals surface area contributed by atoms with Gasteiger partial charge in [0, 0.05) is 30.0 Å². The molecule has 1 N–H and O–H groups in total. The summed E-state index contributed by atoms with van der Waals surface area (Å²) in [5.41, 5.74) is 2.29. The molecule has 3 atom stereocenters. The second kappa shape index (κ2) is 10.4. The predicted molar refractivity (Wildman–Crippen MR) is 140 cm³/mol. The highest BCUT2D eigenvalue weighted by molar-refractivity contribution is 6.41. The van der Waals surface area contributed by atoms with Crippen LogP contribution < -0.4 is 21.0 Å². The summed E-state index contributed by atoms with van der Waals surface area (Å²) in [5.74, 6) is -1.84. The van der Waals surface area contributed by atoms with Crippen molar-refractivity contribution in [3.63, 3.8) is 0 Å². The van der Waals surface area contributed by atoms with E-state index < -0.39 is 23.9 Å². The summed E-state index contributed by atoms with van der Waals surface area (Å²) < 4.78 is 11.2. The van der Waals surface area contributed by atoms with Crippen molar-refractivity contribution < 1.29 is 28.7 Å². The Morgan fingerprint density at radius 3 is 2.50 bits per heavy atom. The summed E-state index contributed by atoms with van der Waals surface area (Å²) in [4.78, 5) is 52.1. The Morgan fingerprint density at radius 2 is 1.82 bits per heavy atom. The average Bonchev–Trinajstić information content (AvgIpc) is 3.20. The summed E-state index contributed by atoms with van der Waals surface area (Å²) in [7, 11) is 25.3. The molecule has 0 spiro atoms. The average molecular weight is 503 g/mol. The molecule has 8 radical (unpaired) electrons. The molecule has 38 heavy (non-hydrogen) atoms. The van der Waals surface area contributed by atoms with Crippen LogP contribution in [0.5, 0.6) is 5.75 Å². The number of fused-ring (bicyclic) bond motifs is 1. The Labute approximate surface area is 225 Å². The number of morpholine rings is 1. The minimum Gasteiger partial charge on any atom is -0.496 e. The molecule has 3 aliphatic heterocycles. The lowest BCUT2D eigenvalue weighted by Gasteiger charge is -2.34. The molecule has 0 aromatic heterocycles. The molecule has 13 heteroatoms. The zero-order valence-corrected chi connectivity index (χ0v) is 20.5. The van der Waals surface area contributed by atoms with Gasteiger partial charge >= 0.3 is 0 Å². The monoisotopic (exact) mass is 503 g/mol. The number of ether oxygens (including phenoxy) is 2. The van der Waals surface area contributed by atoms with Gasteiger partial charge in [-0.25, -0.2) is 0 Å². The van der Waals surface area contributed by atoms with Crippen molar-refractivity contribution in [2.45, 2.75) is 37.4 Å². The SMILES string of the molecule is [B]c1cc(C([B])N2CCOCC2=O)cc([B])c1C([B])Oc1cccc2c1CN(C1CCC(=O)NC1=O)C2=O. The van der Waals surface area contributed by atoms with Crippen LogP contribution in [0.25, 0.3) is 0 Å². The Kier molecular flexibility index (Phi) is 7.13. The first-order valence-electron chi connectivity index (χ1n) is 12.2. The van der Waals surface area contributed by atoms with E-state index in [4.69, 9.17) is 40.9 Å². The fourth-order valence-corrected chi connectivity index (χ4v) is 5.09. The number of piperidine rings is 1. The molecule has 2 saturated heterocycles. The molecule has 3 heterocycles. The van der Waals surface area contributed by atoms with Crippen LogP contribution in [0.2, 0.25) is 0 Å². The second-order valence-electron chi connectivity index (χ2n) is 9.42. The standard InChI is InChI=1S/C25H21B4N3O6/c26-15-8-12(22(28)31-6-7-37-11-20(31)34)9-16(27)21(15)23(29)38-18-3-1-2-13-14(18)10-32(25(13)36)17-4-5-19(33)30-24(17)35/h1-3,8-9,17,22-23H,4-7,10-11H2,(H,30,33,35). The maximum atomic E-state index is 13.1. The lowest BCUT2D eigenvalue weighted by Crippen LogP contribution is -2.52. The van der Waals surface area contributed by atoms with E-state index in [2.05, 4.69) is 5.32 Å². The van der Waals surface area contributed by atoms with Gasteiger partial charge in [-0.2, -0.15) is 0 Å². The van der Waals surface area contributed by atoms with Gasteiger partial charge < -0.3 is 19.3 Å². The van der Waals surface area contributed by atoms with E-state index >= 15 is 0 Å². The van der Waals surface area contributed by atoms with E-state index in [1.165, 1.54) is 9.80 Å². The zero-order valence-electron chi connectivity index (χ0n) is 20.5. The largest absolute Gasteiger partial charge is 0.496 e. The van der Waals surface area contributed by atoms with E-state index in [0.717, 1.165) is 0 Å². The van der Waals surface area contributed by atoms with E-state index in [0.29, 0.717) is 41.2 Å². The summed E-state index contributed by atoms with van der Waals surface area (Å²) in [6.45, 7) is 0.805. The highest BCUT2D eigenvalue weighted by Crippen LogP contribution is 2.35. The van der Waals surface area contributed by atoms with Gasteiger partial charge in [-0.05, 0) is 29.7 Å². The smallest absolute Gasteiger partial charge is 0.255 e. The highest BCUT2D eigenvalue weighted by Gasteiger charge is 2.40. The molecular weight excluding hydrogens is 482 g/mol. The van der Waals surface area contributed by atoms with E-state index in [9.17, 15) is 19.2 Å². The lowest BCUT2D eigenvalue weighted by atomic mass is 9.71. The molecule has 2 aromatic rings. The summed E-state index contributed by atoms with van der Waals surface area (Å²) >= 11 is 0. The van der Waals surface area contributed by atoms with Crippen molar-refractivity contribution in [2.24, 2.45) is 0 Å². The first kappa shape index (κ1) is 26.2. The van der Waals surface area contributed by atoms with Gasteiger partial charge in [-0.3, -0.25) is 24.5 Å². The topological polar surface area (TPSA) is 105 Å². The van der Waals surface area contributed by atoms with Crippen LogP contribution in [0.4, 0.5) is 0 Å². The lowest BCUT2D eigenvalue weighted by molar-refractivity contribution is -0.143. The van der Waals surface area contributed by atoms with Crippen molar-refractivity contribution in [1.82, 2.24) is 15.1 Å². The summed E-state index contributed by atoms with van der Waals surface area (Å²) in [5, 5.41) is 2.28. The van der Waals surface area contributed by atoms with Crippen LogP contribution in [0.15, 0.2) is 30.3 Å². The molecule has 3 unspecified atom stereocenters. The fourth-order valence-electron chi connectivity index (χ4n) is 5.09. The summed E-state index contributed by atoms with van der Waals surface area (Å²) in [6.07, 6.45) is 0.403. The Balaban J connectivity index is 1.36. The first-order valence-corrected chi connectivity index (χ1v) is 12.2. The Morgan fingerprint density at radius 1 is 1.08 bits per heavy atom. The van der Waals surface area contributed by atoms with Gasteiger partial charge in [0.2, 0.25) is 17.7 Å². The predicted octanol–water partition coefficient (Wildman–Crippen LogP) is -1.69. The van der Waals surface area contributed by atoms with Gasteiger partial charge in [-0.1, -0.05) is 29.1 Å². The van der Waals surface area contributed by atoms with E-state index in [1.807, 2.05) is 0 Å². The van der Waals surface area contributed by atoms with Gasteiger partial charge in [0.15, 0.2) is 0 Å². The normalized spacial score (nSPS) is 21.2. The highest BCUT2D eigenvalue weighted by atomic mass is 16.5. The fraction of sp³-hybridized carbons (Fsp3) is 0.360. The molecule has 2 aromatic carbocycles. The molecule has 9 nitrogen and oxygen atoms in total. The van der Waals surface area contributed by atoms with Crippen LogP contribution in [0, 0.1) is 0 Å². The Bertz CT molecular complexity index is 1320. The van der Waals surface area contributed by atoms with Crippen LogP contribution in [0.3, 0.4) is 0 Å². The van der Waals surface area contributed by atoms with Gasteiger partial charge in [0.1, 0.15) is 49.8 Å². The third kappa shape index (κ3) is 4.75. The van der Waals surface area contributed by atoms with E-state index in [-0.39, 0.29) is 54.6 Å². The molecule has 0 aliphatic carbocycles. The molecule has 4 amide bonds. The molecule has 0 saturated carbocycles. The summed E-state index contributed by atoms with van der Waals surface area (Å²) in [6, 6.07) is 6.33. The van der Waals surface area contributed by atoms with Gasteiger partial charge in [0.05, 0.1) is 19.2 Å². The molecule has 184 valence electrons. The van der Waals surface area contributed by atoms with Crippen LogP contribution in [0.1, 0.15) is 51.8 Å². The Hall–Kier alpha value is -3.46. The van der Waals surface area contributed by atoms with Crippen LogP contribution in [-0.2, 0) is 25.7 Å². The van der Waals surface area contributed by atoms with Crippen molar-refractivity contribution in [3.05, 3.63) is 52.6 Å². The maximum absolute atomic E-state index is 13.1. The van der Waals surface area contributed by atoms with Gasteiger partial charge in [-0.15, -0.1) is 0 Å². The number of benzene rings is 2. The third-order valence-electron chi connectivity index (χ3n) is 7.04. The maximum Gasteiger partial charge on any atom is 0.255 e. The number of carbonyl (C=O) groups excluding carboxylic acids is 4. The van der Waals surface area contributed by atoms with Crippen LogP contribution >= 0.6 is 0 Å². The zero-order chi connectivity index (χ0) is 27.1. The molecule has 0 bridgehead atoms. The van der Waals surface area contributed by atoms with Crippen molar-refractivity contribution >= 4 is 65.9 Å². The minimum absolute atomic E-state index is 0.0413. The minimum atomic E-state index is -1.09. The molecule has 2 fully saturated rings. The number of hydrogen-bond acceptors (Lipinski definition) is 6. The number of nitrogens with one attached hydrogen (secondary N) is 1. The van der Waals surface area contributed by atoms with E-state index in [1.54, 1.807) is 30.3 Å². The van der Waals surface area contributed by atoms with Gasteiger partial charge in [0.25, 0.3) is 5.91 Å². The number of amides is 4. The number of imide groups is 1. The quantitative estimate of drug-likeness (QED) is 0.373. The number of carbonyl (C=O) groups is 4. The molecule has 3 aliphatic rings. The third-order valence-corrected chi connectivity index (χ3v) is 7.04. The number of rotatable bonds is 6. The molecule has 5 rings (SSSR count). The number of nitrogens with zero attached hydrogens (tertiary/aromatic N) is 2. The molecular formula is C25H21B4N3O6. The number of hydrogen-bond donors (Lipinski definition) is 1. The van der Waals surface area contributed by atoms with Crippen molar-refractivity contribution in [3.8, 4) is 5.75 Å². The van der Waals surface area contributed by atoms with Crippen LogP contribution in [-0.4, -0.2) is 90.6 Å².